The summed E-state index contributed by atoms with van der Waals surface area (Å²) in [5, 5.41) is 13.5. The Morgan fingerprint density at radius 1 is 1.35 bits per heavy atom. The van der Waals surface area contributed by atoms with Crippen LogP contribution in [0.5, 0.6) is 5.75 Å². The molecule has 1 aliphatic rings. The van der Waals surface area contributed by atoms with E-state index in [9.17, 15) is 9.90 Å². The van der Waals surface area contributed by atoms with Crippen LogP contribution >= 0.6 is 0 Å². The van der Waals surface area contributed by atoms with Crippen molar-refractivity contribution in [3.63, 3.8) is 0 Å². The number of carbonyl (C=O) groups is 1. The summed E-state index contributed by atoms with van der Waals surface area (Å²) in [6.07, 6.45) is 3.65. The van der Waals surface area contributed by atoms with Crippen molar-refractivity contribution in [2.24, 2.45) is 11.7 Å². The summed E-state index contributed by atoms with van der Waals surface area (Å²) >= 11 is 0. The van der Waals surface area contributed by atoms with E-state index in [1.165, 1.54) is 0 Å². The van der Waals surface area contributed by atoms with Gasteiger partial charge in [0.05, 0.1) is 0 Å². The Kier molecular flexibility index (Phi) is 4.65. The standard InChI is InChI=1S/C16H24N2O2/c1-10-3-8-15(19)14(9-10)11(2)18-13-6-4-12(5-7-13)16(17)20/h3,8-9,11-13,18-19H,4-7H2,1-2H3,(H2,17,20). The molecular weight excluding hydrogens is 252 g/mol. The van der Waals surface area contributed by atoms with Crippen molar-refractivity contribution in [2.75, 3.05) is 0 Å². The zero-order valence-corrected chi connectivity index (χ0v) is 12.2. The fraction of sp³-hybridized carbons (Fsp3) is 0.562. The maximum atomic E-state index is 11.2. The topological polar surface area (TPSA) is 75.3 Å². The molecule has 0 heterocycles. The summed E-state index contributed by atoms with van der Waals surface area (Å²) in [6, 6.07) is 6.16. The summed E-state index contributed by atoms with van der Waals surface area (Å²) in [4.78, 5) is 11.2. The third-order valence-corrected chi connectivity index (χ3v) is 4.26. The summed E-state index contributed by atoms with van der Waals surface area (Å²) in [5.74, 6) is 0.199. The lowest BCUT2D eigenvalue weighted by atomic mass is 9.85. The van der Waals surface area contributed by atoms with Crippen molar-refractivity contribution in [3.8, 4) is 5.75 Å². The molecule has 1 saturated carbocycles. The number of benzene rings is 1. The SMILES string of the molecule is Cc1ccc(O)c(C(C)NC2CCC(C(N)=O)CC2)c1. The molecule has 1 aliphatic carbocycles. The van der Waals surface area contributed by atoms with Gasteiger partial charge in [0.25, 0.3) is 0 Å². The first-order chi connectivity index (χ1) is 9.47. The highest BCUT2D eigenvalue weighted by molar-refractivity contribution is 5.76. The molecular formula is C16H24N2O2. The Bertz CT molecular complexity index is 479. The number of nitrogens with one attached hydrogen (secondary N) is 1. The average Bonchev–Trinajstić information content (AvgIpc) is 2.42. The Labute approximate surface area is 120 Å². The van der Waals surface area contributed by atoms with E-state index < -0.39 is 0 Å². The molecule has 0 aliphatic heterocycles. The van der Waals surface area contributed by atoms with Crippen LogP contribution in [0.25, 0.3) is 0 Å². The van der Waals surface area contributed by atoms with Crippen molar-refractivity contribution in [3.05, 3.63) is 29.3 Å². The molecule has 1 unspecified atom stereocenters. The molecule has 2 rings (SSSR count). The normalized spacial score (nSPS) is 24.3. The Hall–Kier alpha value is -1.55. The number of carbonyl (C=O) groups excluding carboxylic acids is 1. The summed E-state index contributed by atoms with van der Waals surface area (Å²) in [5.41, 5.74) is 7.42. The van der Waals surface area contributed by atoms with E-state index in [0.29, 0.717) is 11.8 Å². The van der Waals surface area contributed by atoms with Gasteiger partial charge in [0, 0.05) is 23.6 Å². The molecule has 0 aromatic heterocycles. The van der Waals surface area contributed by atoms with Gasteiger partial charge in [-0.1, -0.05) is 17.7 Å². The number of aryl methyl sites for hydroxylation is 1. The van der Waals surface area contributed by atoms with Gasteiger partial charge in [0.2, 0.25) is 5.91 Å². The third kappa shape index (κ3) is 3.51. The van der Waals surface area contributed by atoms with Gasteiger partial charge in [0.1, 0.15) is 5.75 Å². The molecule has 1 aromatic rings. The largest absolute Gasteiger partial charge is 0.508 e. The van der Waals surface area contributed by atoms with Crippen molar-refractivity contribution >= 4 is 5.91 Å². The summed E-state index contributed by atoms with van der Waals surface area (Å²) in [7, 11) is 0. The molecule has 0 bridgehead atoms. The van der Waals surface area contributed by atoms with Crippen molar-refractivity contribution in [2.45, 2.75) is 51.6 Å². The number of aromatic hydroxyl groups is 1. The van der Waals surface area contributed by atoms with Crippen LogP contribution in [-0.2, 0) is 4.79 Å². The van der Waals surface area contributed by atoms with Crippen LogP contribution in [0.4, 0.5) is 0 Å². The number of hydrogen-bond acceptors (Lipinski definition) is 3. The first-order valence-electron chi connectivity index (χ1n) is 7.32. The maximum absolute atomic E-state index is 11.2. The highest BCUT2D eigenvalue weighted by atomic mass is 16.3. The molecule has 0 radical (unpaired) electrons. The van der Waals surface area contributed by atoms with E-state index in [-0.39, 0.29) is 17.9 Å². The van der Waals surface area contributed by atoms with E-state index in [1.54, 1.807) is 6.07 Å². The zero-order valence-electron chi connectivity index (χ0n) is 12.2. The summed E-state index contributed by atoms with van der Waals surface area (Å²) in [6.45, 7) is 4.09. The van der Waals surface area contributed by atoms with Gasteiger partial charge < -0.3 is 16.2 Å². The van der Waals surface area contributed by atoms with Gasteiger partial charge in [-0.05, 0) is 45.6 Å². The second-order valence-electron chi connectivity index (χ2n) is 5.90. The van der Waals surface area contributed by atoms with E-state index in [1.807, 2.05) is 19.1 Å². The fourth-order valence-electron chi connectivity index (χ4n) is 3.01. The number of nitrogens with two attached hydrogens (primary N) is 1. The number of amides is 1. The van der Waals surface area contributed by atoms with Crippen molar-refractivity contribution < 1.29 is 9.90 Å². The minimum atomic E-state index is -0.173. The van der Waals surface area contributed by atoms with Gasteiger partial charge >= 0.3 is 0 Å². The molecule has 1 amide bonds. The fourth-order valence-corrected chi connectivity index (χ4v) is 3.01. The second kappa shape index (κ2) is 6.27. The van der Waals surface area contributed by atoms with E-state index >= 15 is 0 Å². The Morgan fingerprint density at radius 2 is 2.00 bits per heavy atom. The molecule has 0 saturated heterocycles. The number of primary amides is 1. The smallest absolute Gasteiger partial charge is 0.220 e. The Balaban J connectivity index is 1.94. The average molecular weight is 276 g/mol. The van der Waals surface area contributed by atoms with Crippen molar-refractivity contribution in [1.82, 2.24) is 5.32 Å². The molecule has 4 N–H and O–H groups in total. The first-order valence-corrected chi connectivity index (χ1v) is 7.32. The van der Waals surface area contributed by atoms with Crippen LogP contribution < -0.4 is 11.1 Å². The molecule has 1 fully saturated rings. The number of phenols is 1. The van der Waals surface area contributed by atoms with E-state index in [2.05, 4.69) is 12.2 Å². The monoisotopic (exact) mass is 276 g/mol. The Morgan fingerprint density at radius 3 is 2.60 bits per heavy atom. The predicted molar refractivity (Wildman–Crippen MR) is 79.3 cm³/mol. The lowest BCUT2D eigenvalue weighted by molar-refractivity contribution is -0.122. The number of rotatable bonds is 4. The minimum absolute atomic E-state index is 0.0377. The highest BCUT2D eigenvalue weighted by Gasteiger charge is 2.25. The first kappa shape index (κ1) is 14.9. The molecule has 0 spiro atoms. The number of hydrogen-bond donors (Lipinski definition) is 3. The van der Waals surface area contributed by atoms with Crippen LogP contribution in [0, 0.1) is 12.8 Å². The number of phenolic OH excluding ortho intramolecular Hbond substituents is 1. The third-order valence-electron chi connectivity index (χ3n) is 4.26. The molecule has 20 heavy (non-hydrogen) atoms. The molecule has 1 atom stereocenters. The minimum Gasteiger partial charge on any atom is -0.508 e. The van der Waals surface area contributed by atoms with Crippen LogP contribution in [0.15, 0.2) is 18.2 Å². The lowest BCUT2D eigenvalue weighted by Crippen LogP contribution is -2.37. The van der Waals surface area contributed by atoms with E-state index in [0.717, 1.165) is 36.8 Å². The lowest BCUT2D eigenvalue weighted by Gasteiger charge is -2.30. The maximum Gasteiger partial charge on any atom is 0.220 e. The van der Waals surface area contributed by atoms with Gasteiger partial charge in [-0.2, -0.15) is 0 Å². The molecule has 4 nitrogen and oxygen atoms in total. The highest BCUT2D eigenvalue weighted by Crippen LogP contribution is 2.29. The van der Waals surface area contributed by atoms with Crippen LogP contribution in [-0.4, -0.2) is 17.1 Å². The zero-order chi connectivity index (χ0) is 14.7. The summed E-state index contributed by atoms with van der Waals surface area (Å²) < 4.78 is 0. The molecule has 4 heteroatoms. The second-order valence-corrected chi connectivity index (χ2v) is 5.90. The van der Waals surface area contributed by atoms with Crippen LogP contribution in [0.1, 0.15) is 49.8 Å². The molecule has 110 valence electrons. The van der Waals surface area contributed by atoms with Gasteiger partial charge in [-0.3, -0.25) is 4.79 Å². The van der Waals surface area contributed by atoms with Gasteiger partial charge in [-0.25, -0.2) is 0 Å². The predicted octanol–water partition coefficient (Wildman–Crippen LogP) is 2.40. The molecule has 1 aromatic carbocycles. The van der Waals surface area contributed by atoms with Gasteiger partial charge in [0.15, 0.2) is 0 Å². The van der Waals surface area contributed by atoms with Gasteiger partial charge in [-0.15, -0.1) is 0 Å². The quantitative estimate of drug-likeness (QED) is 0.790. The van der Waals surface area contributed by atoms with Crippen LogP contribution in [0.2, 0.25) is 0 Å². The van der Waals surface area contributed by atoms with Crippen LogP contribution in [0.3, 0.4) is 0 Å². The van der Waals surface area contributed by atoms with E-state index in [4.69, 9.17) is 5.73 Å². The van der Waals surface area contributed by atoms with Crippen molar-refractivity contribution in [1.29, 1.82) is 0 Å².